The maximum Gasteiger partial charge on any atom is 0.251 e. The summed E-state index contributed by atoms with van der Waals surface area (Å²) < 4.78 is 0. The summed E-state index contributed by atoms with van der Waals surface area (Å²) in [6.07, 6.45) is 2.25. The number of unbranched alkanes of at least 4 members (excludes halogenated alkanes) is 2. The summed E-state index contributed by atoms with van der Waals surface area (Å²) in [6, 6.07) is 8.69. The molecule has 5 nitrogen and oxygen atoms in total. The Morgan fingerprint density at radius 2 is 1.83 bits per heavy atom. The van der Waals surface area contributed by atoms with Gasteiger partial charge in [-0.05, 0) is 42.4 Å². The Bertz CT molecular complexity index is 580. The van der Waals surface area contributed by atoms with E-state index in [9.17, 15) is 9.59 Å². The number of carbonyl (C=O) groups is 2. The molecule has 1 rings (SSSR count). The predicted molar refractivity (Wildman–Crippen MR) is 89.7 cm³/mol. The Morgan fingerprint density at radius 3 is 2.30 bits per heavy atom. The van der Waals surface area contributed by atoms with Crippen molar-refractivity contribution in [2.24, 2.45) is 5.73 Å². The fourth-order valence-corrected chi connectivity index (χ4v) is 2.20. The van der Waals surface area contributed by atoms with Gasteiger partial charge in [0.1, 0.15) is 6.04 Å². The van der Waals surface area contributed by atoms with Crippen molar-refractivity contribution in [3.05, 3.63) is 35.4 Å². The van der Waals surface area contributed by atoms with Crippen molar-refractivity contribution in [1.82, 2.24) is 5.32 Å². The number of benzene rings is 1. The van der Waals surface area contributed by atoms with Crippen molar-refractivity contribution in [3.8, 4) is 6.07 Å². The standard InChI is InChI=1S/C18H25N3O2/c1-18(2,3)14-10-8-13(9-11-14)17(23)21-15(16(20)22)7-5-4-6-12-19/h8-11,15H,4-7H2,1-3H3,(H2,20,22)(H,21,23)/t15-/m1/s1. The van der Waals surface area contributed by atoms with Gasteiger partial charge in [-0.2, -0.15) is 5.26 Å². The van der Waals surface area contributed by atoms with Crippen LogP contribution in [0.25, 0.3) is 0 Å². The largest absolute Gasteiger partial charge is 0.368 e. The highest BCUT2D eigenvalue weighted by atomic mass is 16.2. The van der Waals surface area contributed by atoms with Crippen molar-refractivity contribution in [3.63, 3.8) is 0 Å². The van der Waals surface area contributed by atoms with Crippen LogP contribution in [0, 0.1) is 11.3 Å². The van der Waals surface area contributed by atoms with Crippen LogP contribution in [0.2, 0.25) is 0 Å². The highest BCUT2D eigenvalue weighted by Gasteiger charge is 2.19. The molecule has 0 saturated heterocycles. The van der Waals surface area contributed by atoms with Crippen molar-refractivity contribution in [2.45, 2.75) is 57.9 Å². The van der Waals surface area contributed by atoms with Gasteiger partial charge in [0.25, 0.3) is 5.91 Å². The molecule has 1 aromatic carbocycles. The normalized spacial score (nSPS) is 12.3. The Balaban J connectivity index is 2.68. The molecule has 0 aliphatic heterocycles. The van der Waals surface area contributed by atoms with Crippen LogP contribution in [-0.2, 0) is 10.2 Å². The maximum atomic E-state index is 12.2. The van der Waals surface area contributed by atoms with Gasteiger partial charge in [0, 0.05) is 12.0 Å². The lowest BCUT2D eigenvalue weighted by Crippen LogP contribution is -2.44. The molecule has 0 aliphatic carbocycles. The van der Waals surface area contributed by atoms with Gasteiger partial charge in [0.05, 0.1) is 6.07 Å². The third-order valence-corrected chi connectivity index (χ3v) is 3.69. The fraction of sp³-hybridized carbons (Fsp3) is 0.500. The molecule has 0 bridgehead atoms. The monoisotopic (exact) mass is 315 g/mol. The van der Waals surface area contributed by atoms with E-state index in [1.54, 1.807) is 12.1 Å². The van der Waals surface area contributed by atoms with Gasteiger partial charge in [-0.15, -0.1) is 0 Å². The molecule has 23 heavy (non-hydrogen) atoms. The molecular weight excluding hydrogens is 290 g/mol. The van der Waals surface area contributed by atoms with Gasteiger partial charge in [-0.3, -0.25) is 9.59 Å². The molecule has 3 N–H and O–H groups in total. The van der Waals surface area contributed by atoms with Crippen molar-refractivity contribution >= 4 is 11.8 Å². The van der Waals surface area contributed by atoms with Crippen LogP contribution in [0.15, 0.2) is 24.3 Å². The second-order valence-corrected chi connectivity index (χ2v) is 6.66. The molecule has 124 valence electrons. The Kier molecular flexibility index (Phi) is 6.77. The van der Waals surface area contributed by atoms with Gasteiger partial charge in [0.15, 0.2) is 0 Å². The van der Waals surface area contributed by atoms with E-state index in [0.29, 0.717) is 31.2 Å². The summed E-state index contributed by atoms with van der Waals surface area (Å²) in [6.45, 7) is 6.31. The summed E-state index contributed by atoms with van der Waals surface area (Å²) in [4.78, 5) is 23.7. The average molecular weight is 315 g/mol. The van der Waals surface area contributed by atoms with E-state index < -0.39 is 11.9 Å². The first kappa shape index (κ1) is 18.7. The highest BCUT2D eigenvalue weighted by molar-refractivity contribution is 5.97. The summed E-state index contributed by atoms with van der Waals surface area (Å²) in [5.41, 5.74) is 7.00. The van der Waals surface area contributed by atoms with Gasteiger partial charge < -0.3 is 11.1 Å². The number of rotatable bonds is 7. The molecule has 0 unspecified atom stereocenters. The lowest BCUT2D eigenvalue weighted by molar-refractivity contribution is -0.120. The van der Waals surface area contributed by atoms with E-state index in [1.165, 1.54) is 0 Å². The van der Waals surface area contributed by atoms with Gasteiger partial charge in [-0.25, -0.2) is 0 Å². The SMILES string of the molecule is CC(C)(C)c1ccc(C(=O)N[C@H](CCCCC#N)C(N)=O)cc1. The Hall–Kier alpha value is -2.35. The van der Waals surface area contributed by atoms with Crippen LogP contribution < -0.4 is 11.1 Å². The number of nitriles is 1. The molecule has 0 aliphatic rings. The summed E-state index contributed by atoms with van der Waals surface area (Å²) in [5.74, 6) is -0.865. The second-order valence-electron chi connectivity index (χ2n) is 6.66. The van der Waals surface area contributed by atoms with Crippen molar-refractivity contribution < 1.29 is 9.59 Å². The zero-order valence-electron chi connectivity index (χ0n) is 14.1. The lowest BCUT2D eigenvalue weighted by atomic mass is 9.86. The molecule has 0 heterocycles. The minimum absolute atomic E-state index is 0.0194. The van der Waals surface area contributed by atoms with Crippen LogP contribution >= 0.6 is 0 Å². The van der Waals surface area contributed by atoms with Gasteiger partial charge in [-0.1, -0.05) is 32.9 Å². The van der Waals surface area contributed by atoms with Crippen LogP contribution in [0.5, 0.6) is 0 Å². The molecule has 5 heteroatoms. The van der Waals surface area contributed by atoms with E-state index in [4.69, 9.17) is 11.0 Å². The number of hydrogen-bond donors (Lipinski definition) is 2. The minimum Gasteiger partial charge on any atom is -0.368 e. The van der Waals surface area contributed by atoms with Crippen LogP contribution in [0.1, 0.15) is 62.4 Å². The Morgan fingerprint density at radius 1 is 1.22 bits per heavy atom. The molecule has 0 radical (unpaired) electrons. The number of nitrogens with zero attached hydrogens (tertiary/aromatic N) is 1. The van der Waals surface area contributed by atoms with E-state index in [1.807, 2.05) is 12.1 Å². The number of hydrogen-bond acceptors (Lipinski definition) is 3. The van der Waals surface area contributed by atoms with E-state index in [2.05, 4.69) is 32.2 Å². The molecule has 0 aromatic heterocycles. The first-order valence-corrected chi connectivity index (χ1v) is 7.83. The molecule has 1 atom stereocenters. The second kappa shape index (κ2) is 8.33. The highest BCUT2D eigenvalue weighted by Crippen LogP contribution is 2.22. The number of primary amides is 1. The van der Waals surface area contributed by atoms with Gasteiger partial charge in [0.2, 0.25) is 5.91 Å². The predicted octanol–water partition coefficient (Wildman–Crippen LogP) is 2.65. The van der Waals surface area contributed by atoms with E-state index in [0.717, 1.165) is 5.56 Å². The summed E-state index contributed by atoms with van der Waals surface area (Å²) in [5, 5.41) is 11.2. The lowest BCUT2D eigenvalue weighted by Gasteiger charge is -2.19. The van der Waals surface area contributed by atoms with Gasteiger partial charge >= 0.3 is 0 Å². The summed E-state index contributed by atoms with van der Waals surface area (Å²) >= 11 is 0. The van der Waals surface area contributed by atoms with Crippen LogP contribution in [-0.4, -0.2) is 17.9 Å². The zero-order valence-corrected chi connectivity index (χ0v) is 14.1. The number of nitrogens with two attached hydrogens (primary N) is 1. The van der Waals surface area contributed by atoms with Crippen molar-refractivity contribution in [1.29, 1.82) is 5.26 Å². The topological polar surface area (TPSA) is 96.0 Å². The first-order chi connectivity index (χ1) is 10.8. The maximum absolute atomic E-state index is 12.2. The first-order valence-electron chi connectivity index (χ1n) is 7.83. The van der Waals surface area contributed by atoms with E-state index in [-0.39, 0.29) is 11.3 Å². The average Bonchev–Trinajstić information content (AvgIpc) is 2.49. The van der Waals surface area contributed by atoms with E-state index >= 15 is 0 Å². The number of amides is 2. The third kappa shape index (κ3) is 6.11. The van der Waals surface area contributed by atoms with Crippen LogP contribution in [0.3, 0.4) is 0 Å². The number of carbonyl (C=O) groups excluding carboxylic acids is 2. The molecule has 0 spiro atoms. The Labute approximate surface area is 137 Å². The van der Waals surface area contributed by atoms with Crippen molar-refractivity contribution in [2.75, 3.05) is 0 Å². The fourth-order valence-electron chi connectivity index (χ4n) is 2.20. The molecule has 0 fully saturated rings. The quantitative estimate of drug-likeness (QED) is 0.757. The summed E-state index contributed by atoms with van der Waals surface area (Å²) in [7, 11) is 0. The molecule has 1 aromatic rings. The molecule has 2 amide bonds. The zero-order chi connectivity index (χ0) is 17.5. The number of nitrogens with one attached hydrogen (secondary N) is 1. The molecular formula is C18H25N3O2. The third-order valence-electron chi connectivity index (χ3n) is 3.69. The smallest absolute Gasteiger partial charge is 0.251 e. The van der Waals surface area contributed by atoms with Crippen LogP contribution in [0.4, 0.5) is 0 Å². The molecule has 0 saturated carbocycles. The minimum atomic E-state index is -0.705.